The number of ether oxygens (including phenoxy) is 1. The number of alkyl halides is 2. The van der Waals surface area contributed by atoms with Crippen LogP contribution in [-0.2, 0) is 28.2 Å². The van der Waals surface area contributed by atoms with Crippen molar-refractivity contribution in [2.24, 2.45) is 5.92 Å². The molecule has 1 saturated carbocycles. The van der Waals surface area contributed by atoms with Gasteiger partial charge in [-0.05, 0) is 24.8 Å². The second-order valence-electron chi connectivity index (χ2n) is 8.50. The first-order valence-corrected chi connectivity index (χ1v) is 11.2. The molecule has 0 aliphatic heterocycles. The summed E-state index contributed by atoms with van der Waals surface area (Å²) < 4.78 is 37.3. The molecule has 1 N–H and O–H groups in total. The van der Waals surface area contributed by atoms with E-state index in [2.05, 4.69) is 11.5 Å². The summed E-state index contributed by atoms with van der Waals surface area (Å²) in [7, 11) is 0. The van der Waals surface area contributed by atoms with Gasteiger partial charge in [0, 0.05) is 25.7 Å². The molecule has 5 nitrogen and oxygen atoms in total. The monoisotopic (exact) mass is 435 g/mol. The Morgan fingerprint density at radius 3 is 2.71 bits per heavy atom. The molecule has 2 unspecified atom stereocenters. The maximum atomic E-state index is 13.9. The van der Waals surface area contributed by atoms with Crippen molar-refractivity contribution in [2.75, 3.05) is 6.61 Å². The molecule has 1 fully saturated rings. The SMILES string of the molecule is CCCCC[n+]1ccn(CCOC(=O)C(O)(c2ccccc2)C2CCC(F)(F)C2)c1C. The second kappa shape index (κ2) is 9.90. The summed E-state index contributed by atoms with van der Waals surface area (Å²) >= 11 is 0. The first kappa shape index (κ1) is 23.4. The summed E-state index contributed by atoms with van der Waals surface area (Å²) in [6.07, 6.45) is 6.60. The van der Waals surface area contributed by atoms with Crippen LogP contribution >= 0.6 is 0 Å². The normalized spacial score (nSPS) is 19.8. The lowest BCUT2D eigenvalue weighted by molar-refractivity contribution is -0.702. The smallest absolute Gasteiger partial charge is 0.343 e. The van der Waals surface area contributed by atoms with Crippen molar-refractivity contribution in [1.29, 1.82) is 0 Å². The maximum Gasteiger partial charge on any atom is 0.343 e. The molecule has 3 rings (SSSR count). The van der Waals surface area contributed by atoms with E-state index in [1.54, 1.807) is 30.3 Å². The van der Waals surface area contributed by atoms with Gasteiger partial charge >= 0.3 is 5.97 Å². The zero-order valence-electron chi connectivity index (χ0n) is 18.4. The van der Waals surface area contributed by atoms with Crippen LogP contribution in [0.1, 0.15) is 56.8 Å². The van der Waals surface area contributed by atoms with Crippen LogP contribution in [-0.4, -0.2) is 28.2 Å². The van der Waals surface area contributed by atoms with Crippen LogP contribution in [0, 0.1) is 12.8 Å². The van der Waals surface area contributed by atoms with Crippen LogP contribution in [0.5, 0.6) is 0 Å². The summed E-state index contributed by atoms with van der Waals surface area (Å²) in [6.45, 7) is 5.61. The van der Waals surface area contributed by atoms with Gasteiger partial charge in [-0.15, -0.1) is 0 Å². The third kappa shape index (κ3) is 5.32. The Bertz CT molecular complexity index is 869. The van der Waals surface area contributed by atoms with Crippen molar-refractivity contribution in [2.45, 2.75) is 77.0 Å². The summed E-state index contributed by atoms with van der Waals surface area (Å²) in [4.78, 5) is 13.0. The molecule has 0 amide bonds. The second-order valence-corrected chi connectivity index (χ2v) is 8.50. The number of aromatic nitrogens is 2. The van der Waals surface area contributed by atoms with Gasteiger partial charge in [0.05, 0.1) is 6.54 Å². The molecule has 31 heavy (non-hydrogen) atoms. The highest BCUT2D eigenvalue weighted by Crippen LogP contribution is 2.47. The van der Waals surface area contributed by atoms with E-state index >= 15 is 0 Å². The van der Waals surface area contributed by atoms with Crippen LogP contribution in [0.2, 0.25) is 0 Å². The summed E-state index contributed by atoms with van der Waals surface area (Å²) in [5, 5.41) is 11.3. The fourth-order valence-electron chi connectivity index (χ4n) is 4.41. The molecule has 1 aromatic heterocycles. The molecule has 1 aliphatic rings. The van der Waals surface area contributed by atoms with Gasteiger partial charge in [0.15, 0.2) is 5.60 Å². The number of unbranched alkanes of at least 4 members (excludes halogenated alkanes) is 2. The third-order valence-electron chi connectivity index (χ3n) is 6.35. The van der Waals surface area contributed by atoms with Crippen molar-refractivity contribution in [3.8, 4) is 0 Å². The number of imidazole rings is 1. The number of carbonyl (C=O) groups is 1. The van der Waals surface area contributed by atoms with Crippen LogP contribution in [0.15, 0.2) is 42.7 Å². The average Bonchev–Trinajstić information content (AvgIpc) is 3.30. The van der Waals surface area contributed by atoms with Crippen LogP contribution < -0.4 is 4.57 Å². The van der Waals surface area contributed by atoms with Crippen molar-refractivity contribution >= 4 is 5.97 Å². The summed E-state index contributed by atoms with van der Waals surface area (Å²) in [6, 6.07) is 8.30. The number of hydrogen-bond donors (Lipinski definition) is 1. The molecular weight excluding hydrogens is 402 g/mol. The molecule has 0 spiro atoms. The van der Waals surface area contributed by atoms with Crippen molar-refractivity contribution in [1.82, 2.24) is 4.57 Å². The van der Waals surface area contributed by atoms with E-state index in [1.807, 2.05) is 23.9 Å². The first-order chi connectivity index (χ1) is 14.8. The van der Waals surface area contributed by atoms with Gasteiger partial charge in [-0.1, -0.05) is 43.7 Å². The van der Waals surface area contributed by atoms with E-state index in [9.17, 15) is 18.7 Å². The number of nitrogens with zero attached hydrogens (tertiary/aromatic N) is 2. The van der Waals surface area contributed by atoms with Gasteiger partial charge < -0.3 is 9.84 Å². The molecule has 2 atom stereocenters. The predicted molar refractivity (Wildman–Crippen MR) is 112 cm³/mol. The quantitative estimate of drug-likeness (QED) is 0.347. The fourth-order valence-corrected chi connectivity index (χ4v) is 4.41. The molecule has 1 aromatic carbocycles. The van der Waals surface area contributed by atoms with Crippen molar-refractivity contribution < 1.29 is 28.0 Å². The highest BCUT2D eigenvalue weighted by molar-refractivity contribution is 5.81. The highest BCUT2D eigenvalue weighted by Gasteiger charge is 2.54. The lowest BCUT2D eigenvalue weighted by Gasteiger charge is -2.32. The van der Waals surface area contributed by atoms with Crippen molar-refractivity contribution in [3.63, 3.8) is 0 Å². The first-order valence-electron chi connectivity index (χ1n) is 11.2. The predicted octanol–water partition coefficient (Wildman–Crippen LogP) is 4.14. The lowest BCUT2D eigenvalue weighted by atomic mass is 9.80. The number of carbonyl (C=O) groups excluding carboxylic acids is 1. The van der Waals surface area contributed by atoms with Gasteiger partial charge in [0.25, 0.3) is 5.82 Å². The van der Waals surface area contributed by atoms with E-state index < -0.39 is 29.8 Å². The molecule has 0 bridgehead atoms. The molecule has 1 heterocycles. The summed E-state index contributed by atoms with van der Waals surface area (Å²) in [5.41, 5.74) is -1.78. The van der Waals surface area contributed by atoms with E-state index in [0.29, 0.717) is 12.1 Å². The van der Waals surface area contributed by atoms with E-state index in [4.69, 9.17) is 4.74 Å². The van der Waals surface area contributed by atoms with Crippen LogP contribution in [0.3, 0.4) is 0 Å². The Labute approximate surface area is 182 Å². The minimum Gasteiger partial charge on any atom is -0.459 e. The Morgan fingerprint density at radius 1 is 1.32 bits per heavy atom. The Hall–Kier alpha value is -2.28. The lowest BCUT2D eigenvalue weighted by Crippen LogP contribution is -2.44. The number of rotatable bonds is 10. The zero-order valence-corrected chi connectivity index (χ0v) is 18.4. The Morgan fingerprint density at radius 2 is 2.06 bits per heavy atom. The number of benzene rings is 1. The van der Waals surface area contributed by atoms with Crippen LogP contribution in [0.25, 0.3) is 0 Å². The number of esters is 1. The summed E-state index contributed by atoms with van der Waals surface area (Å²) in [5.74, 6) is -3.56. The highest BCUT2D eigenvalue weighted by atomic mass is 19.3. The van der Waals surface area contributed by atoms with E-state index in [1.165, 1.54) is 6.42 Å². The Balaban J connectivity index is 1.67. The molecule has 1 aliphatic carbocycles. The van der Waals surface area contributed by atoms with Crippen molar-refractivity contribution in [3.05, 3.63) is 54.1 Å². The molecular formula is C24H33F2N2O3+. The van der Waals surface area contributed by atoms with Gasteiger partial charge in [-0.25, -0.2) is 22.7 Å². The topological polar surface area (TPSA) is 55.3 Å². The largest absolute Gasteiger partial charge is 0.459 e. The van der Waals surface area contributed by atoms with Gasteiger partial charge in [0.2, 0.25) is 5.92 Å². The van der Waals surface area contributed by atoms with Gasteiger partial charge in [0.1, 0.15) is 25.5 Å². The number of halogens is 2. The third-order valence-corrected chi connectivity index (χ3v) is 6.35. The molecule has 0 saturated heterocycles. The van der Waals surface area contributed by atoms with E-state index in [0.717, 1.165) is 25.2 Å². The average molecular weight is 436 g/mol. The number of aliphatic hydroxyl groups is 1. The molecule has 0 radical (unpaired) electrons. The molecule has 2 aromatic rings. The Kier molecular flexibility index (Phi) is 7.46. The number of aryl methyl sites for hydroxylation is 1. The molecule has 7 heteroatoms. The maximum absolute atomic E-state index is 13.9. The minimum absolute atomic E-state index is 0.0571. The van der Waals surface area contributed by atoms with Gasteiger partial charge in [-0.2, -0.15) is 0 Å². The van der Waals surface area contributed by atoms with E-state index in [-0.39, 0.29) is 19.4 Å². The standard InChI is InChI=1S/C24H33F2N2O3/c1-3-4-8-13-27-14-15-28(19(27)2)16-17-31-22(29)24(30,20-9-6-5-7-10-20)21-11-12-23(25,26)18-21/h5-7,9-10,14-15,21,30H,3-4,8,11-13,16-18H2,1-2H3/q+1. The zero-order chi connectivity index (χ0) is 22.5. The minimum atomic E-state index is -2.87. The van der Waals surface area contributed by atoms with Crippen LogP contribution in [0.4, 0.5) is 8.78 Å². The number of hydrogen-bond acceptors (Lipinski definition) is 3. The fraction of sp³-hybridized carbons (Fsp3) is 0.583. The molecule has 170 valence electrons. The van der Waals surface area contributed by atoms with Gasteiger partial charge in [-0.3, -0.25) is 0 Å².